The second kappa shape index (κ2) is 8.92. The van der Waals surface area contributed by atoms with Gasteiger partial charge in [-0.25, -0.2) is 0 Å². The van der Waals surface area contributed by atoms with E-state index in [-0.39, 0.29) is 16.7 Å². The number of nitrogens with zero attached hydrogens (tertiary/aromatic N) is 1. The smallest absolute Gasteiger partial charge is 0.279 e. The van der Waals surface area contributed by atoms with Gasteiger partial charge in [0.1, 0.15) is 0 Å². The Bertz CT molecular complexity index is 823. The number of fused-ring (bicyclic) bond motifs is 1. The summed E-state index contributed by atoms with van der Waals surface area (Å²) in [7, 11) is 0. The van der Waals surface area contributed by atoms with E-state index in [0.29, 0.717) is 10.6 Å². The van der Waals surface area contributed by atoms with Gasteiger partial charge in [-0.1, -0.05) is 12.8 Å². The van der Waals surface area contributed by atoms with Crippen LogP contribution in [0.5, 0.6) is 0 Å². The third-order valence-electron chi connectivity index (χ3n) is 4.35. The molecule has 142 valence electrons. The van der Waals surface area contributed by atoms with Crippen LogP contribution >= 0.6 is 23.6 Å². The Kier molecular flexibility index (Phi) is 6.36. The lowest BCUT2D eigenvalue weighted by Crippen LogP contribution is -2.43. The van der Waals surface area contributed by atoms with Crippen LogP contribution in [0.25, 0.3) is 0 Å². The van der Waals surface area contributed by atoms with Crippen molar-refractivity contribution in [3.8, 4) is 0 Å². The van der Waals surface area contributed by atoms with Crippen LogP contribution in [-0.4, -0.2) is 15.9 Å². The van der Waals surface area contributed by atoms with Gasteiger partial charge in [0.2, 0.25) is 0 Å². The van der Waals surface area contributed by atoms with Crippen molar-refractivity contribution in [1.82, 2.24) is 10.9 Å². The predicted octanol–water partition coefficient (Wildman–Crippen LogP) is 3.95. The highest BCUT2D eigenvalue weighted by atomic mass is 32.1. The van der Waals surface area contributed by atoms with Crippen LogP contribution in [0.15, 0.2) is 30.3 Å². The van der Waals surface area contributed by atoms with E-state index in [1.807, 2.05) is 6.07 Å². The molecule has 1 aliphatic carbocycles. The molecule has 9 heteroatoms. The normalized spacial score (nSPS) is 13.6. The third-order valence-corrected chi connectivity index (χ3v) is 5.79. The minimum absolute atomic E-state index is 0.000919. The van der Waals surface area contributed by atoms with Crippen LogP contribution in [0.2, 0.25) is 0 Å². The van der Waals surface area contributed by atoms with Crippen LogP contribution in [0.3, 0.4) is 0 Å². The van der Waals surface area contributed by atoms with Gasteiger partial charge in [0.05, 0.1) is 9.80 Å². The van der Waals surface area contributed by atoms with E-state index in [0.717, 1.165) is 12.8 Å². The number of thiophene rings is 1. The minimum Gasteiger partial charge on any atom is -0.331 e. The maximum absolute atomic E-state index is 12.4. The summed E-state index contributed by atoms with van der Waals surface area (Å²) in [5.74, 6) is -0.223. The Morgan fingerprint density at radius 3 is 2.48 bits per heavy atom. The highest BCUT2D eigenvalue weighted by Crippen LogP contribution is 2.28. The van der Waals surface area contributed by atoms with E-state index in [4.69, 9.17) is 12.2 Å². The number of nitro groups is 1. The lowest BCUT2D eigenvalue weighted by Gasteiger charge is -2.10. The van der Waals surface area contributed by atoms with E-state index in [9.17, 15) is 14.9 Å². The van der Waals surface area contributed by atoms with Gasteiger partial charge in [-0.2, -0.15) is 0 Å². The highest BCUT2D eigenvalue weighted by molar-refractivity contribution is 7.80. The van der Waals surface area contributed by atoms with Crippen molar-refractivity contribution in [2.24, 2.45) is 0 Å². The maximum atomic E-state index is 12.4. The Morgan fingerprint density at radius 1 is 1.07 bits per heavy atom. The average Bonchev–Trinajstić information content (AvgIpc) is 3.02. The number of hydrogen-bond acceptors (Lipinski definition) is 5. The molecule has 1 aromatic carbocycles. The summed E-state index contributed by atoms with van der Waals surface area (Å²) in [5.41, 5.74) is 7.14. The second-order valence-electron chi connectivity index (χ2n) is 6.31. The molecule has 3 rings (SSSR count). The summed E-state index contributed by atoms with van der Waals surface area (Å²) < 4.78 is 0. The van der Waals surface area contributed by atoms with Crippen LogP contribution in [0.1, 0.15) is 45.8 Å². The summed E-state index contributed by atoms with van der Waals surface area (Å²) in [6, 6.07) is 7.84. The monoisotopic (exact) mass is 404 g/mol. The number of nitro benzene ring substituents is 1. The molecular weight excluding hydrogens is 384 g/mol. The lowest BCUT2D eigenvalue weighted by molar-refractivity contribution is -0.384. The van der Waals surface area contributed by atoms with E-state index in [1.54, 1.807) is 23.5 Å². The van der Waals surface area contributed by atoms with Crippen molar-refractivity contribution in [2.45, 2.75) is 38.5 Å². The molecule has 0 bridgehead atoms. The summed E-state index contributed by atoms with van der Waals surface area (Å²) in [5, 5.41) is 13.7. The van der Waals surface area contributed by atoms with E-state index in [1.165, 1.54) is 48.3 Å². The minimum atomic E-state index is -0.467. The molecule has 0 aliphatic heterocycles. The van der Waals surface area contributed by atoms with Crippen molar-refractivity contribution >= 4 is 45.9 Å². The zero-order chi connectivity index (χ0) is 19.2. The average molecular weight is 405 g/mol. The number of non-ortho nitro benzene ring substituents is 1. The van der Waals surface area contributed by atoms with Crippen molar-refractivity contribution in [2.75, 3.05) is 5.32 Å². The second-order valence-corrected chi connectivity index (χ2v) is 7.86. The zero-order valence-electron chi connectivity index (χ0n) is 14.6. The Balaban J connectivity index is 1.53. The molecule has 1 aliphatic rings. The number of rotatable bonds is 3. The number of carbonyl (C=O) groups excluding carboxylic acids is 1. The largest absolute Gasteiger partial charge is 0.331 e. The third kappa shape index (κ3) is 5.24. The number of aryl methyl sites for hydroxylation is 2. The van der Waals surface area contributed by atoms with Gasteiger partial charge < -0.3 is 5.32 Å². The fraction of sp³-hybridized carbons (Fsp3) is 0.333. The molecule has 0 saturated carbocycles. The SMILES string of the molecule is O=C(NNC(=S)Nc1ccc([N+](=O)[O-])cc1)c1cc2c(s1)CCCCCC2. The first-order valence-electron chi connectivity index (χ1n) is 8.76. The number of carbonyl (C=O) groups is 1. The molecule has 1 heterocycles. The number of hydrogen-bond donors (Lipinski definition) is 3. The molecule has 3 N–H and O–H groups in total. The molecule has 0 spiro atoms. The standard InChI is InChI=1S/C18H20N4O3S2/c23-17(16-11-12-5-3-1-2-4-6-15(12)27-16)20-21-18(26)19-13-7-9-14(10-8-13)22(24)25/h7-11H,1-6H2,(H,20,23)(H2,19,21,26). The van der Waals surface area contributed by atoms with Crippen LogP contribution in [-0.2, 0) is 12.8 Å². The quantitative estimate of drug-likeness (QED) is 0.407. The van der Waals surface area contributed by atoms with Gasteiger partial charge in [-0.15, -0.1) is 11.3 Å². The molecule has 0 saturated heterocycles. The fourth-order valence-corrected chi connectivity index (χ4v) is 4.28. The predicted molar refractivity (Wildman–Crippen MR) is 110 cm³/mol. The molecule has 2 aromatic rings. The summed E-state index contributed by atoms with van der Waals surface area (Å²) in [6.07, 6.45) is 6.93. The molecule has 0 unspecified atom stereocenters. The van der Waals surface area contributed by atoms with E-state index < -0.39 is 4.92 Å². The molecular formula is C18H20N4O3S2. The maximum Gasteiger partial charge on any atom is 0.279 e. The molecule has 0 fully saturated rings. The van der Waals surface area contributed by atoms with Gasteiger partial charge in [0.25, 0.3) is 11.6 Å². The highest BCUT2D eigenvalue weighted by Gasteiger charge is 2.16. The summed E-state index contributed by atoms with van der Waals surface area (Å²) >= 11 is 6.69. The molecule has 1 amide bonds. The van der Waals surface area contributed by atoms with Crippen LogP contribution < -0.4 is 16.2 Å². The number of benzene rings is 1. The van der Waals surface area contributed by atoms with Crippen molar-refractivity contribution < 1.29 is 9.72 Å². The van der Waals surface area contributed by atoms with Gasteiger partial charge in [-0.05, 0) is 61.7 Å². The first-order chi connectivity index (χ1) is 13.0. The zero-order valence-corrected chi connectivity index (χ0v) is 16.3. The van der Waals surface area contributed by atoms with Crippen LogP contribution in [0, 0.1) is 10.1 Å². The van der Waals surface area contributed by atoms with Gasteiger partial charge in [0, 0.05) is 22.7 Å². The molecule has 27 heavy (non-hydrogen) atoms. The fourth-order valence-electron chi connectivity index (χ4n) is 2.96. The van der Waals surface area contributed by atoms with Crippen molar-refractivity contribution in [3.05, 3.63) is 55.8 Å². The Morgan fingerprint density at radius 2 is 1.78 bits per heavy atom. The number of nitrogens with one attached hydrogen (secondary N) is 3. The number of thiocarbonyl (C=S) groups is 1. The van der Waals surface area contributed by atoms with Gasteiger partial charge >= 0.3 is 0 Å². The van der Waals surface area contributed by atoms with Crippen molar-refractivity contribution in [3.63, 3.8) is 0 Å². The Hall–Kier alpha value is -2.52. The topological polar surface area (TPSA) is 96.3 Å². The molecule has 0 atom stereocenters. The number of hydrazine groups is 1. The molecule has 7 nitrogen and oxygen atoms in total. The van der Waals surface area contributed by atoms with E-state index in [2.05, 4.69) is 16.2 Å². The number of amides is 1. The summed E-state index contributed by atoms with van der Waals surface area (Å²) in [4.78, 5) is 24.6. The lowest BCUT2D eigenvalue weighted by atomic mass is 10.00. The Labute approximate surface area is 166 Å². The van der Waals surface area contributed by atoms with Crippen LogP contribution in [0.4, 0.5) is 11.4 Å². The van der Waals surface area contributed by atoms with Gasteiger partial charge in [-0.3, -0.25) is 25.8 Å². The number of anilines is 1. The molecule has 0 radical (unpaired) electrons. The first-order valence-corrected chi connectivity index (χ1v) is 9.99. The summed E-state index contributed by atoms with van der Waals surface area (Å²) in [6.45, 7) is 0. The van der Waals surface area contributed by atoms with Gasteiger partial charge in [0.15, 0.2) is 5.11 Å². The van der Waals surface area contributed by atoms with Crippen molar-refractivity contribution in [1.29, 1.82) is 0 Å². The molecule has 1 aromatic heterocycles. The first kappa shape index (κ1) is 19.2. The van der Waals surface area contributed by atoms with E-state index >= 15 is 0 Å².